The molecule has 2 N–H and O–H groups in total. The number of urea groups is 1. The Hall–Kier alpha value is -1.60. The topological polar surface area (TPSA) is 47.6 Å². The van der Waals surface area contributed by atoms with Crippen LogP contribution in [-0.2, 0) is 0 Å². The number of hydrogen-bond acceptors (Lipinski definition) is 4. The molecule has 0 bridgehead atoms. The predicted octanol–water partition coefficient (Wildman–Crippen LogP) is 6.61. The quantitative estimate of drug-likeness (QED) is 0.403. The summed E-state index contributed by atoms with van der Waals surface area (Å²) in [6.45, 7) is 5.21. The maximum atomic E-state index is 12.4. The molecule has 0 aromatic heterocycles. The molecule has 8 heteroatoms. The lowest BCUT2D eigenvalue weighted by molar-refractivity contribution is 0.208. The second-order valence-corrected chi connectivity index (χ2v) is 10.9. The van der Waals surface area contributed by atoms with Crippen molar-refractivity contribution in [1.82, 2.24) is 10.2 Å². The van der Waals surface area contributed by atoms with Crippen LogP contribution in [0.15, 0.2) is 47.4 Å². The summed E-state index contributed by atoms with van der Waals surface area (Å²) < 4.78 is 0. The fourth-order valence-electron chi connectivity index (χ4n) is 4.94. The lowest BCUT2D eigenvalue weighted by Crippen LogP contribution is -2.47. The van der Waals surface area contributed by atoms with Crippen LogP contribution in [0.25, 0.3) is 0 Å². The van der Waals surface area contributed by atoms with Gasteiger partial charge >= 0.3 is 6.03 Å². The van der Waals surface area contributed by atoms with Crippen LogP contribution in [0.4, 0.5) is 16.2 Å². The largest absolute Gasteiger partial charge is 0.368 e. The van der Waals surface area contributed by atoms with Crippen LogP contribution in [-0.4, -0.2) is 56.0 Å². The van der Waals surface area contributed by atoms with Crippen molar-refractivity contribution in [1.29, 1.82) is 0 Å². The molecule has 4 rings (SSSR count). The molecule has 1 aliphatic heterocycles. The van der Waals surface area contributed by atoms with Gasteiger partial charge in [-0.15, -0.1) is 11.8 Å². The number of thioether (sulfide) groups is 1. The smallest absolute Gasteiger partial charge is 0.319 e. The first-order valence-corrected chi connectivity index (χ1v) is 14.1. The fourth-order valence-corrected chi connectivity index (χ4v) is 5.76. The number of anilines is 2. The van der Waals surface area contributed by atoms with Gasteiger partial charge in [-0.05, 0) is 87.2 Å². The molecular weight excluding hydrogens is 487 g/mol. The number of rotatable bonds is 7. The second-order valence-electron chi connectivity index (χ2n) is 9.23. The highest BCUT2D eigenvalue weighted by Gasteiger charge is 2.24. The number of carbonyl (C=O) groups excluding carboxylic acids is 1. The predicted molar refractivity (Wildman–Crippen MR) is 146 cm³/mol. The number of halogens is 2. The van der Waals surface area contributed by atoms with Gasteiger partial charge in [0.2, 0.25) is 0 Å². The molecule has 34 heavy (non-hydrogen) atoms. The van der Waals surface area contributed by atoms with E-state index in [4.69, 9.17) is 23.2 Å². The van der Waals surface area contributed by atoms with E-state index in [1.165, 1.54) is 24.2 Å². The summed E-state index contributed by atoms with van der Waals surface area (Å²) >= 11 is 14.3. The van der Waals surface area contributed by atoms with Crippen molar-refractivity contribution in [3.8, 4) is 0 Å². The molecule has 0 unspecified atom stereocenters. The summed E-state index contributed by atoms with van der Waals surface area (Å²) in [4.78, 5) is 18.5. The Morgan fingerprint density at radius 3 is 2.38 bits per heavy atom. The van der Waals surface area contributed by atoms with Crippen molar-refractivity contribution in [2.75, 3.05) is 49.2 Å². The Balaban J connectivity index is 1.12. The van der Waals surface area contributed by atoms with Gasteiger partial charge in [0.25, 0.3) is 0 Å². The lowest BCUT2D eigenvalue weighted by atomic mass is 9.84. The third-order valence-corrected chi connectivity index (χ3v) is 8.58. The Bertz CT molecular complexity index is 942. The van der Waals surface area contributed by atoms with E-state index in [2.05, 4.69) is 26.5 Å². The Kier molecular flexibility index (Phi) is 9.29. The van der Waals surface area contributed by atoms with Gasteiger partial charge in [0, 0.05) is 42.8 Å². The third kappa shape index (κ3) is 6.97. The molecule has 2 aliphatic rings. The molecular formula is C26H34Cl2N4OS. The lowest BCUT2D eigenvalue weighted by Gasteiger charge is -2.37. The average Bonchev–Trinajstić information content (AvgIpc) is 2.86. The molecule has 5 nitrogen and oxygen atoms in total. The van der Waals surface area contributed by atoms with Crippen LogP contribution in [0.1, 0.15) is 32.1 Å². The Morgan fingerprint density at radius 1 is 1.00 bits per heavy atom. The minimum Gasteiger partial charge on any atom is -0.368 e. The number of piperazine rings is 1. The van der Waals surface area contributed by atoms with Crippen molar-refractivity contribution in [2.45, 2.75) is 43.0 Å². The molecule has 0 spiro atoms. The van der Waals surface area contributed by atoms with Gasteiger partial charge < -0.3 is 15.5 Å². The molecule has 2 aromatic carbocycles. The standard InChI is InChI=1S/C26H34Cl2N4OS/c1-34-22-11-9-21(10-12-22)30-26(33)29-20-7-5-19(6-8-20)13-14-31-15-17-32(18-16-31)24-4-2-3-23(27)25(24)28/h2-4,9-12,19-20H,5-8,13-18H2,1H3,(H2,29,30,33). The maximum absolute atomic E-state index is 12.4. The minimum absolute atomic E-state index is 0.0990. The van der Waals surface area contributed by atoms with E-state index in [9.17, 15) is 4.79 Å². The van der Waals surface area contributed by atoms with Crippen molar-refractivity contribution < 1.29 is 4.79 Å². The van der Waals surface area contributed by atoms with E-state index in [-0.39, 0.29) is 12.1 Å². The van der Waals surface area contributed by atoms with Gasteiger partial charge in [-0.25, -0.2) is 4.79 Å². The number of nitrogens with zero attached hydrogens (tertiary/aromatic N) is 2. The van der Waals surface area contributed by atoms with Crippen LogP contribution in [0.3, 0.4) is 0 Å². The zero-order chi connectivity index (χ0) is 23.9. The van der Waals surface area contributed by atoms with Gasteiger partial charge in [-0.1, -0.05) is 29.3 Å². The number of benzene rings is 2. The van der Waals surface area contributed by atoms with E-state index in [0.717, 1.165) is 62.9 Å². The van der Waals surface area contributed by atoms with Crippen molar-refractivity contribution in [3.05, 3.63) is 52.5 Å². The second kappa shape index (κ2) is 12.4. The van der Waals surface area contributed by atoms with E-state index < -0.39 is 0 Å². The van der Waals surface area contributed by atoms with E-state index >= 15 is 0 Å². The summed E-state index contributed by atoms with van der Waals surface area (Å²) in [5.41, 5.74) is 1.88. The first-order valence-electron chi connectivity index (χ1n) is 12.1. The highest BCUT2D eigenvalue weighted by atomic mass is 35.5. The fraction of sp³-hybridized carbons (Fsp3) is 0.500. The van der Waals surface area contributed by atoms with Gasteiger partial charge in [0.15, 0.2) is 0 Å². The van der Waals surface area contributed by atoms with Crippen LogP contribution in [0.2, 0.25) is 10.0 Å². The average molecular weight is 522 g/mol. The SMILES string of the molecule is CSc1ccc(NC(=O)NC2CCC(CCN3CCN(c4cccc(Cl)c4Cl)CC3)CC2)cc1. The molecule has 1 saturated carbocycles. The molecule has 1 heterocycles. The Morgan fingerprint density at radius 2 is 1.71 bits per heavy atom. The van der Waals surface area contributed by atoms with Crippen LogP contribution in [0.5, 0.6) is 0 Å². The van der Waals surface area contributed by atoms with E-state index in [1.807, 2.05) is 42.7 Å². The summed E-state index contributed by atoms with van der Waals surface area (Å²) in [5, 5.41) is 7.39. The molecule has 2 fully saturated rings. The molecule has 1 saturated heterocycles. The normalized spacial score (nSPS) is 21.3. The molecule has 2 amide bonds. The highest BCUT2D eigenvalue weighted by Crippen LogP contribution is 2.33. The van der Waals surface area contributed by atoms with Crippen LogP contribution in [0, 0.1) is 5.92 Å². The summed E-state index contributed by atoms with van der Waals surface area (Å²) in [6, 6.07) is 14.0. The zero-order valence-corrected chi connectivity index (χ0v) is 22.1. The molecule has 0 radical (unpaired) electrons. The van der Waals surface area contributed by atoms with Gasteiger partial charge in [0.05, 0.1) is 15.7 Å². The number of carbonyl (C=O) groups is 1. The van der Waals surface area contributed by atoms with E-state index in [1.54, 1.807) is 11.8 Å². The highest BCUT2D eigenvalue weighted by molar-refractivity contribution is 7.98. The molecule has 1 aliphatic carbocycles. The summed E-state index contributed by atoms with van der Waals surface area (Å²) in [5.74, 6) is 0.751. The maximum Gasteiger partial charge on any atom is 0.319 e. The minimum atomic E-state index is -0.0990. The van der Waals surface area contributed by atoms with E-state index in [0.29, 0.717) is 10.0 Å². The summed E-state index contributed by atoms with van der Waals surface area (Å²) in [7, 11) is 0. The molecule has 2 aromatic rings. The number of nitrogens with one attached hydrogen (secondary N) is 2. The van der Waals surface area contributed by atoms with Gasteiger partial charge in [-0.3, -0.25) is 4.90 Å². The first kappa shape index (κ1) is 25.5. The van der Waals surface area contributed by atoms with Gasteiger partial charge in [0.1, 0.15) is 0 Å². The van der Waals surface area contributed by atoms with Crippen LogP contribution >= 0.6 is 35.0 Å². The monoisotopic (exact) mass is 520 g/mol. The van der Waals surface area contributed by atoms with Gasteiger partial charge in [-0.2, -0.15) is 0 Å². The first-order chi connectivity index (χ1) is 16.5. The van der Waals surface area contributed by atoms with Crippen molar-refractivity contribution in [3.63, 3.8) is 0 Å². The molecule has 184 valence electrons. The van der Waals surface area contributed by atoms with Crippen molar-refractivity contribution in [2.24, 2.45) is 5.92 Å². The van der Waals surface area contributed by atoms with Crippen LogP contribution < -0.4 is 15.5 Å². The Labute approximate surface area is 217 Å². The zero-order valence-electron chi connectivity index (χ0n) is 19.7. The molecule has 0 atom stereocenters. The summed E-state index contributed by atoms with van der Waals surface area (Å²) in [6.07, 6.45) is 7.77. The van der Waals surface area contributed by atoms with Crippen molar-refractivity contribution >= 4 is 52.4 Å². The number of amides is 2. The third-order valence-electron chi connectivity index (χ3n) is 7.03. The number of hydrogen-bond donors (Lipinski definition) is 2.